The topological polar surface area (TPSA) is 160 Å². The highest BCUT2D eigenvalue weighted by Crippen LogP contribution is 2.36. The molecular formula is C81H107Cl2N11O7. The number of urea groups is 2. The van der Waals surface area contributed by atoms with Gasteiger partial charge in [-0.2, -0.15) is 0 Å². The van der Waals surface area contributed by atoms with Crippen LogP contribution in [0.1, 0.15) is 105 Å². The molecule has 101 heavy (non-hydrogen) atoms. The van der Waals surface area contributed by atoms with Gasteiger partial charge in [0.1, 0.15) is 28.7 Å². The Labute approximate surface area is 610 Å². The Morgan fingerprint density at radius 1 is 0.416 bits per heavy atom. The summed E-state index contributed by atoms with van der Waals surface area (Å²) in [7, 11) is 8.53. The summed E-state index contributed by atoms with van der Waals surface area (Å²) in [5.41, 5.74) is 7.28. The van der Waals surface area contributed by atoms with Crippen LogP contribution in [0, 0.1) is 0 Å². The van der Waals surface area contributed by atoms with Crippen LogP contribution in [0.2, 0.25) is 10.0 Å². The third-order valence-corrected chi connectivity index (χ3v) is 21.0. The second-order valence-electron chi connectivity index (χ2n) is 26.7. The number of nitrogens with one attached hydrogen (secondary N) is 5. The van der Waals surface area contributed by atoms with Crippen LogP contribution in [0.3, 0.4) is 0 Å². The lowest BCUT2D eigenvalue weighted by Crippen LogP contribution is -2.53. The summed E-state index contributed by atoms with van der Waals surface area (Å²) in [5, 5.41) is 16.6. The van der Waals surface area contributed by atoms with Gasteiger partial charge in [-0.15, -0.1) is 0 Å². The van der Waals surface area contributed by atoms with Crippen molar-refractivity contribution in [2.24, 2.45) is 0 Å². The van der Waals surface area contributed by atoms with Crippen LogP contribution in [0.15, 0.2) is 170 Å². The SMILES string of the molecule is COc1ccc(NC(=O)NCC(c2ccccc2OC)N2CCN(C3CCCCC3)CC2)cc1.COc1ccccc1C(CNC(=O)Nc1cc(Cl)cc(Cl)c1)N1CCN(C2CCCCC2)CC1.COc1ccccc1CCNCC(c1ccccc1OC)N1CCN(c2ccccc2)CC1. The van der Waals surface area contributed by atoms with Gasteiger partial charge in [-0.3, -0.25) is 24.5 Å². The van der Waals surface area contributed by atoms with E-state index in [-0.39, 0.29) is 30.2 Å². The number of para-hydroxylation sites is 5. The third-order valence-electron chi connectivity index (χ3n) is 20.6. The average Bonchev–Trinajstić information content (AvgIpc) is 0.836. The van der Waals surface area contributed by atoms with Gasteiger partial charge in [-0.25, -0.2) is 9.59 Å². The highest BCUT2D eigenvalue weighted by Gasteiger charge is 2.34. The highest BCUT2D eigenvalue weighted by atomic mass is 35.5. The number of carbonyl (C=O) groups excluding carboxylic acids is 2. The number of benzene rings is 7. The Balaban J connectivity index is 0.000000163. The van der Waals surface area contributed by atoms with E-state index in [4.69, 9.17) is 46.9 Å². The minimum atomic E-state index is -0.293. The zero-order valence-corrected chi connectivity index (χ0v) is 61.5. The van der Waals surface area contributed by atoms with Gasteiger partial charge in [0.25, 0.3) is 0 Å². The Kier molecular flexibility index (Phi) is 30.2. The van der Waals surface area contributed by atoms with E-state index in [1.54, 1.807) is 53.7 Å². The summed E-state index contributed by atoms with van der Waals surface area (Å²) in [4.78, 5) is 40.8. The molecule has 3 heterocycles. The first-order chi connectivity index (χ1) is 49.5. The Bertz CT molecular complexity index is 3580. The average molecular weight is 1420 g/mol. The lowest BCUT2D eigenvalue weighted by atomic mass is 9.93. The van der Waals surface area contributed by atoms with Crippen LogP contribution >= 0.6 is 23.2 Å². The van der Waals surface area contributed by atoms with Gasteiger partial charge >= 0.3 is 12.1 Å². The molecule has 5 fully saturated rings. The van der Waals surface area contributed by atoms with Crippen molar-refractivity contribution in [3.63, 3.8) is 0 Å². The maximum absolute atomic E-state index is 12.7. The van der Waals surface area contributed by atoms with Gasteiger partial charge in [-0.05, 0) is 123 Å². The lowest BCUT2D eigenvalue weighted by molar-refractivity contribution is 0.0559. The van der Waals surface area contributed by atoms with E-state index in [1.807, 2.05) is 78.9 Å². The summed E-state index contributed by atoms with van der Waals surface area (Å²) in [6.45, 7) is 15.0. The molecule has 5 aliphatic rings. The van der Waals surface area contributed by atoms with Crippen LogP contribution in [-0.4, -0.2) is 189 Å². The van der Waals surface area contributed by atoms with Crippen molar-refractivity contribution < 1.29 is 33.3 Å². The predicted molar refractivity (Wildman–Crippen MR) is 411 cm³/mol. The largest absolute Gasteiger partial charge is 0.497 e. The first-order valence-electron chi connectivity index (χ1n) is 36.4. The van der Waals surface area contributed by atoms with Crippen molar-refractivity contribution in [3.05, 3.63) is 202 Å². The van der Waals surface area contributed by atoms with E-state index >= 15 is 0 Å². The number of ether oxygens (including phenoxy) is 5. The number of hydrogen-bond acceptors (Lipinski definition) is 14. The Hall–Kier alpha value is -7.78. The second-order valence-corrected chi connectivity index (χ2v) is 27.6. The number of carbonyl (C=O) groups is 2. The van der Waals surface area contributed by atoms with Crippen molar-refractivity contribution in [1.29, 1.82) is 0 Å². The lowest BCUT2D eigenvalue weighted by Gasteiger charge is -2.43. The highest BCUT2D eigenvalue weighted by molar-refractivity contribution is 6.35. The minimum Gasteiger partial charge on any atom is -0.497 e. The standard InChI is InChI=1S/C28H35N3O2.C27H38N4O3.C26H34Cl2N4O2/c1-32-27-14-8-6-10-23(27)16-17-29-22-26(25-13-7-9-15-28(25)33-2)31-20-18-30(19-21-31)24-11-4-3-5-12-24;1-33-23-14-12-21(13-15-23)29-27(32)28-20-25(24-10-6-7-11-26(24)34-2)31-18-16-30(17-19-31)22-8-4-3-5-9-22;1-34-25-10-6-5-9-23(25)24(18-29-26(33)30-21-16-19(27)15-20(28)17-21)32-13-11-31(12-14-32)22-7-3-2-4-8-22/h3-15,26,29H,16-22H2,1-2H3;6-7,10-15,22,25H,3-5,8-9,16-20H2,1-2H3,(H2,28,29,32);5-6,9-10,15-17,22,24H,2-4,7-8,11-14,18H2,1H3,(H2,29,30,33). The number of amides is 4. The van der Waals surface area contributed by atoms with Gasteiger partial charge in [0.05, 0.1) is 53.7 Å². The van der Waals surface area contributed by atoms with E-state index < -0.39 is 0 Å². The quantitative estimate of drug-likeness (QED) is 0.0344. The minimum absolute atomic E-state index is 0.0124. The van der Waals surface area contributed by atoms with Gasteiger partial charge < -0.3 is 55.2 Å². The molecule has 20 heteroatoms. The molecule has 4 amide bonds. The smallest absolute Gasteiger partial charge is 0.319 e. The van der Waals surface area contributed by atoms with E-state index in [2.05, 4.69) is 129 Å². The van der Waals surface area contributed by atoms with Gasteiger partial charge in [0, 0.05) is 154 Å². The van der Waals surface area contributed by atoms with Crippen LogP contribution in [0.4, 0.5) is 26.7 Å². The zero-order chi connectivity index (χ0) is 70.6. The molecule has 3 aliphatic heterocycles. The molecule has 7 aromatic carbocycles. The second kappa shape index (κ2) is 40.2. The van der Waals surface area contributed by atoms with E-state index in [0.717, 1.165) is 156 Å². The Morgan fingerprint density at radius 3 is 1.26 bits per heavy atom. The van der Waals surface area contributed by atoms with Crippen LogP contribution < -0.4 is 55.2 Å². The van der Waals surface area contributed by atoms with Gasteiger partial charge in [-0.1, -0.05) is 153 Å². The number of piperazine rings is 3. The molecule has 3 atom stereocenters. The van der Waals surface area contributed by atoms with Crippen LogP contribution in [0.5, 0.6) is 28.7 Å². The fraction of sp³-hybridized carbons (Fsp3) is 0.457. The van der Waals surface area contributed by atoms with E-state index in [1.165, 1.54) is 81.0 Å². The van der Waals surface area contributed by atoms with E-state index in [9.17, 15) is 9.59 Å². The van der Waals surface area contributed by atoms with Crippen LogP contribution in [-0.2, 0) is 6.42 Å². The third kappa shape index (κ3) is 22.4. The maximum atomic E-state index is 12.7. The molecule has 0 spiro atoms. The molecule has 0 aromatic heterocycles. The molecule has 3 unspecified atom stereocenters. The normalized spacial score (nSPS) is 17.7. The van der Waals surface area contributed by atoms with Crippen molar-refractivity contribution in [2.45, 2.75) is 101 Å². The predicted octanol–water partition coefficient (Wildman–Crippen LogP) is 14.7. The summed E-state index contributed by atoms with van der Waals surface area (Å²) < 4.78 is 27.8. The summed E-state index contributed by atoms with van der Waals surface area (Å²) >= 11 is 12.1. The van der Waals surface area contributed by atoms with Crippen molar-refractivity contribution in [3.8, 4) is 28.7 Å². The molecule has 0 bridgehead atoms. The first-order valence-corrected chi connectivity index (χ1v) is 37.2. The maximum Gasteiger partial charge on any atom is 0.319 e. The summed E-state index contributed by atoms with van der Waals surface area (Å²) in [6.07, 6.45) is 14.5. The number of hydrogen-bond donors (Lipinski definition) is 5. The number of rotatable bonds is 25. The van der Waals surface area contributed by atoms with Gasteiger partial charge in [0.2, 0.25) is 0 Å². The fourth-order valence-corrected chi connectivity index (χ4v) is 15.7. The van der Waals surface area contributed by atoms with Crippen molar-refractivity contribution >= 4 is 52.3 Å². The molecule has 12 rings (SSSR count). The molecule has 7 aromatic rings. The number of halogens is 2. The molecule has 2 saturated carbocycles. The molecule has 3 saturated heterocycles. The zero-order valence-electron chi connectivity index (χ0n) is 59.9. The number of nitrogens with zero attached hydrogens (tertiary/aromatic N) is 6. The summed E-state index contributed by atoms with van der Waals surface area (Å²) in [6, 6.07) is 57.2. The molecule has 542 valence electrons. The van der Waals surface area contributed by atoms with E-state index in [0.29, 0.717) is 28.8 Å². The summed E-state index contributed by atoms with van der Waals surface area (Å²) in [5.74, 6) is 4.37. The molecule has 2 aliphatic carbocycles. The molecule has 5 N–H and O–H groups in total. The first kappa shape index (κ1) is 75.9. The van der Waals surface area contributed by atoms with Crippen molar-refractivity contribution in [2.75, 3.05) is 156 Å². The molecular weight excluding hydrogens is 1310 g/mol. The monoisotopic (exact) mass is 1420 g/mol. The van der Waals surface area contributed by atoms with Crippen molar-refractivity contribution in [1.82, 2.24) is 40.4 Å². The number of methoxy groups -OCH3 is 5. The Morgan fingerprint density at radius 2 is 0.812 bits per heavy atom. The fourth-order valence-electron chi connectivity index (χ4n) is 15.2. The molecule has 18 nitrogen and oxygen atoms in total. The van der Waals surface area contributed by atoms with Crippen LogP contribution in [0.25, 0.3) is 0 Å². The van der Waals surface area contributed by atoms with Gasteiger partial charge in [0.15, 0.2) is 0 Å². The molecule has 0 radical (unpaired) electrons. The number of anilines is 3.